The summed E-state index contributed by atoms with van der Waals surface area (Å²) in [5.41, 5.74) is 2.28. The minimum Gasteiger partial charge on any atom is -0.309 e. The zero-order valence-corrected chi connectivity index (χ0v) is 11.0. The van der Waals surface area contributed by atoms with Crippen LogP contribution in [-0.2, 0) is 0 Å². The van der Waals surface area contributed by atoms with Crippen LogP contribution >= 0.6 is 0 Å². The Kier molecular flexibility index (Phi) is 5.47. The highest BCUT2D eigenvalue weighted by Gasteiger charge is 2.14. The van der Waals surface area contributed by atoms with E-state index in [2.05, 4.69) is 56.2 Å². The first kappa shape index (κ1) is 13.2. The lowest BCUT2D eigenvalue weighted by atomic mass is 9.97. The molecule has 0 aromatic carbocycles. The van der Waals surface area contributed by atoms with E-state index in [4.69, 9.17) is 0 Å². The minimum absolute atomic E-state index is 0.403. The Labute approximate surface area is 99.5 Å². The van der Waals surface area contributed by atoms with Crippen LogP contribution in [0.1, 0.15) is 51.0 Å². The van der Waals surface area contributed by atoms with Crippen molar-refractivity contribution in [1.82, 2.24) is 10.3 Å². The molecule has 0 amide bonds. The Morgan fingerprint density at radius 2 is 2.06 bits per heavy atom. The maximum atomic E-state index is 4.62. The van der Waals surface area contributed by atoms with Crippen LogP contribution in [0, 0.1) is 12.8 Å². The van der Waals surface area contributed by atoms with Gasteiger partial charge in [0.05, 0.1) is 5.69 Å². The van der Waals surface area contributed by atoms with Crippen molar-refractivity contribution in [3.8, 4) is 0 Å². The maximum absolute atomic E-state index is 4.62. The number of pyridine rings is 1. The van der Waals surface area contributed by atoms with Crippen molar-refractivity contribution in [2.75, 3.05) is 6.54 Å². The molecule has 0 aliphatic heterocycles. The van der Waals surface area contributed by atoms with E-state index in [0.717, 1.165) is 18.2 Å². The molecular weight excluding hydrogens is 196 g/mol. The highest BCUT2D eigenvalue weighted by atomic mass is 14.9. The molecule has 1 aromatic rings. The predicted molar refractivity (Wildman–Crippen MR) is 69.5 cm³/mol. The minimum atomic E-state index is 0.403. The Morgan fingerprint density at radius 3 is 2.62 bits per heavy atom. The molecule has 0 fully saturated rings. The summed E-state index contributed by atoms with van der Waals surface area (Å²) in [7, 11) is 0. The average Bonchev–Trinajstić information content (AvgIpc) is 2.28. The smallest absolute Gasteiger partial charge is 0.0576 e. The van der Waals surface area contributed by atoms with Gasteiger partial charge < -0.3 is 5.32 Å². The highest BCUT2D eigenvalue weighted by molar-refractivity contribution is 5.13. The summed E-state index contributed by atoms with van der Waals surface area (Å²) in [5.74, 6) is 0.742. The van der Waals surface area contributed by atoms with Crippen molar-refractivity contribution in [3.63, 3.8) is 0 Å². The zero-order chi connectivity index (χ0) is 12.0. The quantitative estimate of drug-likeness (QED) is 0.794. The molecule has 2 atom stereocenters. The van der Waals surface area contributed by atoms with Gasteiger partial charge >= 0.3 is 0 Å². The summed E-state index contributed by atoms with van der Waals surface area (Å²) in [4.78, 5) is 4.62. The summed E-state index contributed by atoms with van der Waals surface area (Å²) in [6.07, 6.45) is 2.40. The topological polar surface area (TPSA) is 24.9 Å². The van der Waals surface area contributed by atoms with E-state index in [1.54, 1.807) is 0 Å². The van der Waals surface area contributed by atoms with Crippen LogP contribution in [0.3, 0.4) is 0 Å². The lowest BCUT2D eigenvalue weighted by Crippen LogP contribution is -2.23. The van der Waals surface area contributed by atoms with Gasteiger partial charge in [0, 0.05) is 11.7 Å². The predicted octanol–water partition coefficient (Wildman–Crippen LogP) is 3.48. The Hall–Kier alpha value is -0.890. The lowest BCUT2D eigenvalue weighted by molar-refractivity contribution is 0.402. The van der Waals surface area contributed by atoms with Gasteiger partial charge in [0.25, 0.3) is 0 Å². The summed E-state index contributed by atoms with van der Waals surface area (Å²) in [6, 6.07) is 6.68. The van der Waals surface area contributed by atoms with Crippen LogP contribution in [-0.4, -0.2) is 11.5 Å². The van der Waals surface area contributed by atoms with Gasteiger partial charge in [-0.2, -0.15) is 0 Å². The molecule has 0 aliphatic carbocycles. The number of rotatable bonds is 6. The standard InChI is InChI=1S/C14H24N2/c1-5-11(3)10-14(15-6-2)13-9-7-8-12(4)16-13/h7-9,11,14-15H,5-6,10H2,1-4H3. The van der Waals surface area contributed by atoms with Gasteiger partial charge in [-0.05, 0) is 37.9 Å². The summed E-state index contributed by atoms with van der Waals surface area (Å²) < 4.78 is 0. The summed E-state index contributed by atoms with van der Waals surface area (Å²) in [5, 5.41) is 3.53. The summed E-state index contributed by atoms with van der Waals surface area (Å²) in [6.45, 7) is 9.75. The molecule has 0 saturated heterocycles. The third kappa shape index (κ3) is 3.93. The normalized spacial score (nSPS) is 14.8. The second-order valence-electron chi connectivity index (χ2n) is 4.56. The lowest BCUT2D eigenvalue weighted by Gasteiger charge is -2.21. The molecule has 0 bridgehead atoms. The van der Waals surface area contributed by atoms with Crippen LogP contribution < -0.4 is 5.32 Å². The van der Waals surface area contributed by atoms with Gasteiger partial charge in [-0.15, -0.1) is 0 Å². The molecule has 1 aromatic heterocycles. The fourth-order valence-electron chi connectivity index (χ4n) is 1.88. The average molecular weight is 220 g/mol. The molecule has 1 N–H and O–H groups in total. The van der Waals surface area contributed by atoms with Crippen LogP contribution in [0.15, 0.2) is 18.2 Å². The number of hydrogen-bond acceptors (Lipinski definition) is 2. The maximum Gasteiger partial charge on any atom is 0.0576 e. The van der Waals surface area contributed by atoms with E-state index in [9.17, 15) is 0 Å². The second-order valence-corrected chi connectivity index (χ2v) is 4.56. The first-order chi connectivity index (χ1) is 7.67. The molecule has 2 nitrogen and oxygen atoms in total. The molecular formula is C14H24N2. The molecule has 90 valence electrons. The van der Waals surface area contributed by atoms with E-state index < -0.39 is 0 Å². The van der Waals surface area contributed by atoms with Gasteiger partial charge in [0.15, 0.2) is 0 Å². The molecule has 2 heteroatoms. The van der Waals surface area contributed by atoms with Crippen molar-refractivity contribution in [1.29, 1.82) is 0 Å². The second kappa shape index (κ2) is 6.64. The Bertz CT molecular complexity index is 309. The van der Waals surface area contributed by atoms with Crippen LogP contribution in [0.25, 0.3) is 0 Å². The molecule has 0 radical (unpaired) electrons. The fraction of sp³-hybridized carbons (Fsp3) is 0.643. The Balaban J connectivity index is 2.76. The molecule has 0 saturated carbocycles. The van der Waals surface area contributed by atoms with Crippen molar-refractivity contribution < 1.29 is 0 Å². The third-order valence-corrected chi connectivity index (χ3v) is 3.05. The highest BCUT2D eigenvalue weighted by Crippen LogP contribution is 2.21. The largest absolute Gasteiger partial charge is 0.309 e. The Morgan fingerprint density at radius 1 is 1.31 bits per heavy atom. The number of nitrogens with zero attached hydrogens (tertiary/aromatic N) is 1. The fourth-order valence-corrected chi connectivity index (χ4v) is 1.88. The molecule has 0 spiro atoms. The van der Waals surface area contributed by atoms with E-state index in [1.165, 1.54) is 18.5 Å². The van der Waals surface area contributed by atoms with Crippen LogP contribution in [0.4, 0.5) is 0 Å². The van der Waals surface area contributed by atoms with Gasteiger partial charge in [-0.3, -0.25) is 4.98 Å². The number of hydrogen-bond donors (Lipinski definition) is 1. The van der Waals surface area contributed by atoms with Crippen LogP contribution in [0.2, 0.25) is 0 Å². The number of aryl methyl sites for hydroxylation is 1. The van der Waals surface area contributed by atoms with Crippen LogP contribution in [0.5, 0.6) is 0 Å². The van der Waals surface area contributed by atoms with E-state index in [0.29, 0.717) is 6.04 Å². The molecule has 1 rings (SSSR count). The molecule has 16 heavy (non-hydrogen) atoms. The molecule has 1 heterocycles. The van der Waals surface area contributed by atoms with Gasteiger partial charge in [0.1, 0.15) is 0 Å². The van der Waals surface area contributed by atoms with E-state index in [-0.39, 0.29) is 0 Å². The van der Waals surface area contributed by atoms with Crippen molar-refractivity contribution in [2.45, 2.75) is 46.6 Å². The first-order valence-corrected chi connectivity index (χ1v) is 6.34. The van der Waals surface area contributed by atoms with Crippen molar-refractivity contribution >= 4 is 0 Å². The van der Waals surface area contributed by atoms with E-state index >= 15 is 0 Å². The zero-order valence-electron chi connectivity index (χ0n) is 11.0. The summed E-state index contributed by atoms with van der Waals surface area (Å²) >= 11 is 0. The number of nitrogens with one attached hydrogen (secondary N) is 1. The third-order valence-electron chi connectivity index (χ3n) is 3.05. The first-order valence-electron chi connectivity index (χ1n) is 6.34. The molecule has 0 aliphatic rings. The number of aromatic nitrogens is 1. The van der Waals surface area contributed by atoms with Gasteiger partial charge in [-0.1, -0.05) is 33.3 Å². The van der Waals surface area contributed by atoms with Crippen molar-refractivity contribution in [3.05, 3.63) is 29.6 Å². The molecule has 2 unspecified atom stereocenters. The van der Waals surface area contributed by atoms with Crippen molar-refractivity contribution in [2.24, 2.45) is 5.92 Å². The van der Waals surface area contributed by atoms with E-state index in [1.807, 2.05) is 0 Å². The monoisotopic (exact) mass is 220 g/mol. The van der Waals surface area contributed by atoms with Gasteiger partial charge in [-0.25, -0.2) is 0 Å². The SMILES string of the molecule is CCNC(CC(C)CC)c1cccc(C)n1. The van der Waals surface area contributed by atoms with Gasteiger partial charge in [0.2, 0.25) is 0 Å².